The summed E-state index contributed by atoms with van der Waals surface area (Å²) < 4.78 is 0. The minimum Gasteiger partial charge on any atom is -0.0991 e. The Kier molecular flexibility index (Phi) is 13.6. The van der Waals surface area contributed by atoms with E-state index in [-0.39, 0.29) is 0 Å². The molecule has 0 heteroatoms. The molecule has 0 aliphatic heterocycles. The molecule has 0 saturated heterocycles. The Morgan fingerprint density at radius 1 is 0.850 bits per heavy atom. The summed E-state index contributed by atoms with van der Waals surface area (Å²) in [4.78, 5) is 0. The highest BCUT2D eigenvalue weighted by atomic mass is 14.0. The zero-order valence-electron chi connectivity index (χ0n) is 14.0. The van der Waals surface area contributed by atoms with Crippen LogP contribution in [0.3, 0.4) is 0 Å². The van der Waals surface area contributed by atoms with Crippen LogP contribution < -0.4 is 0 Å². The summed E-state index contributed by atoms with van der Waals surface area (Å²) in [6, 6.07) is 0. The molecule has 0 aromatic rings. The highest BCUT2D eigenvalue weighted by molar-refractivity contribution is 5.04. The SMILES string of the molecule is C=CC=CCCC(C)=CCCC=C(C)CCCCCC. The van der Waals surface area contributed by atoms with Gasteiger partial charge in [-0.1, -0.05) is 74.3 Å². The fourth-order valence-corrected chi connectivity index (χ4v) is 2.20. The van der Waals surface area contributed by atoms with E-state index in [4.69, 9.17) is 0 Å². The lowest BCUT2D eigenvalue weighted by Crippen LogP contribution is -1.81. The summed E-state index contributed by atoms with van der Waals surface area (Å²) in [7, 11) is 0. The van der Waals surface area contributed by atoms with Gasteiger partial charge in [-0.25, -0.2) is 0 Å². The molecule has 0 aromatic carbocycles. The van der Waals surface area contributed by atoms with Crippen LogP contribution in [0.15, 0.2) is 48.1 Å². The molecule has 0 aliphatic carbocycles. The van der Waals surface area contributed by atoms with Crippen molar-refractivity contribution in [2.45, 2.75) is 78.6 Å². The van der Waals surface area contributed by atoms with Gasteiger partial charge in [-0.2, -0.15) is 0 Å². The molecule has 0 aromatic heterocycles. The van der Waals surface area contributed by atoms with E-state index in [2.05, 4.69) is 45.6 Å². The Hall–Kier alpha value is -1.04. The van der Waals surface area contributed by atoms with Crippen molar-refractivity contribution in [1.82, 2.24) is 0 Å². The van der Waals surface area contributed by atoms with E-state index in [1.807, 2.05) is 12.2 Å². The molecule has 0 N–H and O–H groups in total. The van der Waals surface area contributed by atoms with E-state index in [1.54, 1.807) is 5.57 Å². The Balaban J connectivity index is 3.69. The van der Waals surface area contributed by atoms with Gasteiger partial charge in [0.05, 0.1) is 0 Å². The summed E-state index contributed by atoms with van der Waals surface area (Å²) in [6.07, 6.45) is 22.3. The van der Waals surface area contributed by atoms with Gasteiger partial charge in [-0.15, -0.1) is 0 Å². The van der Waals surface area contributed by atoms with Gasteiger partial charge in [0.25, 0.3) is 0 Å². The van der Waals surface area contributed by atoms with Gasteiger partial charge in [-0.3, -0.25) is 0 Å². The van der Waals surface area contributed by atoms with Crippen LogP contribution in [-0.4, -0.2) is 0 Å². The van der Waals surface area contributed by atoms with Crippen molar-refractivity contribution in [3.63, 3.8) is 0 Å². The smallest absolute Gasteiger partial charge is 0.0288 e. The molecule has 0 heterocycles. The molecule has 0 spiro atoms. The predicted molar refractivity (Wildman–Crippen MR) is 94.1 cm³/mol. The van der Waals surface area contributed by atoms with Gasteiger partial charge in [0.1, 0.15) is 0 Å². The van der Waals surface area contributed by atoms with Crippen LogP contribution in [0.2, 0.25) is 0 Å². The molecule has 0 unspecified atom stereocenters. The Morgan fingerprint density at radius 3 is 2.10 bits per heavy atom. The number of rotatable bonds is 12. The van der Waals surface area contributed by atoms with E-state index in [1.165, 1.54) is 56.9 Å². The number of unbranched alkanes of at least 4 members (excludes halogenated alkanes) is 4. The first-order valence-electron chi connectivity index (χ1n) is 8.29. The van der Waals surface area contributed by atoms with E-state index < -0.39 is 0 Å². The monoisotopic (exact) mass is 274 g/mol. The van der Waals surface area contributed by atoms with Crippen molar-refractivity contribution < 1.29 is 0 Å². The number of allylic oxidation sites excluding steroid dienone is 7. The molecule has 114 valence electrons. The highest BCUT2D eigenvalue weighted by Gasteiger charge is 1.92. The summed E-state index contributed by atoms with van der Waals surface area (Å²) in [5, 5.41) is 0. The first-order valence-corrected chi connectivity index (χ1v) is 8.29. The van der Waals surface area contributed by atoms with Gasteiger partial charge >= 0.3 is 0 Å². The second kappa shape index (κ2) is 14.4. The maximum Gasteiger partial charge on any atom is -0.0288 e. The molecule has 0 amide bonds. The minimum absolute atomic E-state index is 1.13. The van der Waals surface area contributed by atoms with Crippen LogP contribution in [0.1, 0.15) is 78.6 Å². The van der Waals surface area contributed by atoms with Crippen LogP contribution in [0.25, 0.3) is 0 Å². The molecule has 0 rings (SSSR count). The van der Waals surface area contributed by atoms with Crippen molar-refractivity contribution >= 4 is 0 Å². The molecular formula is C20H34. The first kappa shape index (κ1) is 19.0. The highest BCUT2D eigenvalue weighted by Crippen LogP contribution is 2.12. The number of hydrogen-bond donors (Lipinski definition) is 0. The van der Waals surface area contributed by atoms with Crippen molar-refractivity contribution in [3.05, 3.63) is 48.1 Å². The molecular weight excluding hydrogens is 240 g/mol. The molecule has 0 saturated carbocycles. The largest absolute Gasteiger partial charge is 0.0991 e. The molecule has 0 nitrogen and oxygen atoms in total. The summed E-state index contributed by atoms with van der Waals surface area (Å²) in [5.41, 5.74) is 3.08. The van der Waals surface area contributed by atoms with Gasteiger partial charge in [0.15, 0.2) is 0 Å². The summed E-state index contributed by atoms with van der Waals surface area (Å²) in [5.74, 6) is 0. The molecule has 0 bridgehead atoms. The third-order valence-corrected chi connectivity index (χ3v) is 3.55. The fourth-order valence-electron chi connectivity index (χ4n) is 2.20. The van der Waals surface area contributed by atoms with Crippen LogP contribution in [0.5, 0.6) is 0 Å². The average Bonchev–Trinajstić information content (AvgIpc) is 2.44. The van der Waals surface area contributed by atoms with Gasteiger partial charge in [-0.05, 0) is 52.4 Å². The first-order chi connectivity index (χ1) is 9.70. The zero-order chi connectivity index (χ0) is 15.1. The van der Waals surface area contributed by atoms with Crippen LogP contribution in [-0.2, 0) is 0 Å². The van der Waals surface area contributed by atoms with Crippen LogP contribution in [0, 0.1) is 0 Å². The van der Waals surface area contributed by atoms with Gasteiger partial charge < -0.3 is 0 Å². The van der Waals surface area contributed by atoms with Crippen molar-refractivity contribution in [1.29, 1.82) is 0 Å². The maximum absolute atomic E-state index is 3.68. The molecule has 0 radical (unpaired) electrons. The Labute approximate surface area is 127 Å². The van der Waals surface area contributed by atoms with Crippen LogP contribution in [0.4, 0.5) is 0 Å². The molecule has 0 fully saturated rings. The third kappa shape index (κ3) is 13.4. The normalized spacial score (nSPS) is 13.2. The second-order valence-corrected chi connectivity index (χ2v) is 5.69. The maximum atomic E-state index is 3.68. The third-order valence-electron chi connectivity index (χ3n) is 3.55. The standard InChI is InChI=1S/C20H34/c1-5-7-9-11-15-19(3)17-13-14-18-20(4)16-12-10-8-6-2/h5,7,9,17-18H,1,6,8,10-16H2,2-4H3. The summed E-state index contributed by atoms with van der Waals surface area (Å²) in [6.45, 7) is 10.5. The lowest BCUT2D eigenvalue weighted by atomic mass is 10.1. The molecule has 0 aliphatic rings. The van der Waals surface area contributed by atoms with Gasteiger partial charge in [0.2, 0.25) is 0 Å². The minimum atomic E-state index is 1.13. The average molecular weight is 274 g/mol. The number of hydrogen-bond acceptors (Lipinski definition) is 0. The van der Waals surface area contributed by atoms with E-state index in [0.29, 0.717) is 0 Å². The molecule has 0 atom stereocenters. The Morgan fingerprint density at radius 2 is 1.50 bits per heavy atom. The van der Waals surface area contributed by atoms with E-state index >= 15 is 0 Å². The second-order valence-electron chi connectivity index (χ2n) is 5.69. The van der Waals surface area contributed by atoms with Crippen molar-refractivity contribution in [3.8, 4) is 0 Å². The topological polar surface area (TPSA) is 0 Å². The zero-order valence-corrected chi connectivity index (χ0v) is 14.0. The fraction of sp³-hybridized carbons (Fsp3) is 0.600. The van der Waals surface area contributed by atoms with E-state index in [9.17, 15) is 0 Å². The van der Waals surface area contributed by atoms with Gasteiger partial charge in [0, 0.05) is 0 Å². The predicted octanol–water partition coefficient (Wildman–Crippen LogP) is 7.15. The molecule has 20 heavy (non-hydrogen) atoms. The van der Waals surface area contributed by atoms with Crippen molar-refractivity contribution in [2.24, 2.45) is 0 Å². The summed E-state index contributed by atoms with van der Waals surface area (Å²) >= 11 is 0. The van der Waals surface area contributed by atoms with Crippen molar-refractivity contribution in [2.75, 3.05) is 0 Å². The Bertz CT molecular complexity index is 315. The van der Waals surface area contributed by atoms with E-state index in [0.717, 1.165) is 6.42 Å². The van der Waals surface area contributed by atoms with Crippen LogP contribution >= 0.6 is 0 Å². The lowest BCUT2D eigenvalue weighted by Gasteiger charge is -2.01. The lowest BCUT2D eigenvalue weighted by molar-refractivity contribution is 0.663. The quantitative estimate of drug-likeness (QED) is 0.201.